The second kappa shape index (κ2) is 6.00. The Bertz CT molecular complexity index is 477. The van der Waals surface area contributed by atoms with Crippen molar-refractivity contribution in [3.63, 3.8) is 0 Å². The van der Waals surface area contributed by atoms with Crippen LogP contribution in [0.3, 0.4) is 0 Å². The number of rotatable bonds is 5. The zero-order valence-electron chi connectivity index (χ0n) is 11.9. The van der Waals surface area contributed by atoms with Crippen molar-refractivity contribution < 1.29 is 24.1 Å². The number of anilines is 1. The Hall–Kier alpha value is -1.95. The average Bonchev–Trinajstić information content (AvgIpc) is 2.86. The van der Waals surface area contributed by atoms with Crippen LogP contribution in [0.1, 0.15) is 6.42 Å². The van der Waals surface area contributed by atoms with Gasteiger partial charge in [-0.05, 0) is 0 Å². The second-order valence-corrected chi connectivity index (χ2v) is 4.64. The molecule has 1 heterocycles. The third kappa shape index (κ3) is 2.51. The molecule has 0 aromatic heterocycles. The molecule has 1 aliphatic heterocycles. The van der Waals surface area contributed by atoms with Gasteiger partial charge in [-0.1, -0.05) is 0 Å². The van der Waals surface area contributed by atoms with E-state index in [2.05, 4.69) is 0 Å². The monoisotopic (exact) mass is 281 g/mol. The lowest BCUT2D eigenvalue weighted by atomic mass is 10.1. The Morgan fingerprint density at radius 1 is 1.20 bits per heavy atom. The smallest absolute Gasteiger partial charge is 0.227 e. The lowest BCUT2D eigenvalue weighted by Crippen LogP contribution is -2.25. The van der Waals surface area contributed by atoms with Crippen LogP contribution in [0, 0.1) is 5.92 Å². The van der Waals surface area contributed by atoms with E-state index in [1.807, 2.05) is 0 Å². The zero-order chi connectivity index (χ0) is 14.7. The molecule has 1 N–H and O–H groups in total. The van der Waals surface area contributed by atoms with E-state index in [1.165, 1.54) is 21.3 Å². The molecule has 1 amide bonds. The normalized spacial score (nSPS) is 18.3. The summed E-state index contributed by atoms with van der Waals surface area (Å²) in [6, 6.07) is 3.47. The molecule has 0 spiro atoms. The van der Waals surface area contributed by atoms with Crippen molar-refractivity contribution in [2.45, 2.75) is 6.42 Å². The van der Waals surface area contributed by atoms with Gasteiger partial charge in [0, 0.05) is 37.6 Å². The first-order chi connectivity index (χ1) is 9.64. The number of carbonyl (C=O) groups is 1. The maximum absolute atomic E-state index is 12.0. The summed E-state index contributed by atoms with van der Waals surface area (Å²) in [5, 5.41) is 9.18. The minimum absolute atomic E-state index is 0.00661. The molecule has 20 heavy (non-hydrogen) atoms. The van der Waals surface area contributed by atoms with Crippen molar-refractivity contribution in [3.05, 3.63) is 12.1 Å². The molecule has 6 heteroatoms. The van der Waals surface area contributed by atoms with Gasteiger partial charge in [0.15, 0.2) is 11.5 Å². The fourth-order valence-corrected chi connectivity index (χ4v) is 2.38. The predicted molar refractivity (Wildman–Crippen MR) is 73.6 cm³/mol. The van der Waals surface area contributed by atoms with E-state index >= 15 is 0 Å². The van der Waals surface area contributed by atoms with Crippen molar-refractivity contribution >= 4 is 11.6 Å². The number of nitrogens with zero attached hydrogens (tertiary/aromatic N) is 1. The largest absolute Gasteiger partial charge is 0.493 e. The SMILES string of the molecule is COc1cc(N2CC(CO)CC2=O)cc(OC)c1OC. The van der Waals surface area contributed by atoms with Crippen molar-refractivity contribution in [2.24, 2.45) is 5.92 Å². The van der Waals surface area contributed by atoms with Gasteiger partial charge in [0.05, 0.1) is 27.0 Å². The van der Waals surface area contributed by atoms with Crippen molar-refractivity contribution in [1.82, 2.24) is 0 Å². The predicted octanol–water partition coefficient (Wildman–Crippen LogP) is 1.06. The van der Waals surface area contributed by atoms with E-state index in [9.17, 15) is 9.90 Å². The second-order valence-electron chi connectivity index (χ2n) is 4.64. The van der Waals surface area contributed by atoms with E-state index in [0.717, 1.165) is 0 Å². The molecule has 0 saturated carbocycles. The maximum Gasteiger partial charge on any atom is 0.227 e. The number of aliphatic hydroxyl groups excluding tert-OH is 1. The number of methoxy groups -OCH3 is 3. The molecule has 1 aromatic rings. The maximum atomic E-state index is 12.0. The van der Waals surface area contributed by atoms with Crippen LogP contribution in [0.25, 0.3) is 0 Å². The Kier molecular flexibility index (Phi) is 4.34. The summed E-state index contributed by atoms with van der Waals surface area (Å²) < 4.78 is 15.8. The minimum Gasteiger partial charge on any atom is -0.493 e. The van der Waals surface area contributed by atoms with Crippen LogP contribution in [-0.2, 0) is 4.79 Å². The highest BCUT2D eigenvalue weighted by Crippen LogP contribution is 2.42. The number of hydrogen-bond donors (Lipinski definition) is 1. The summed E-state index contributed by atoms with van der Waals surface area (Å²) >= 11 is 0. The van der Waals surface area contributed by atoms with Crippen molar-refractivity contribution in [2.75, 3.05) is 39.4 Å². The third-order valence-electron chi connectivity index (χ3n) is 3.42. The Labute approximate surface area is 117 Å². The number of benzene rings is 1. The number of aliphatic hydroxyl groups is 1. The molecular formula is C14H19NO5. The summed E-state index contributed by atoms with van der Waals surface area (Å²) in [6.45, 7) is 0.501. The van der Waals surface area contributed by atoms with E-state index in [4.69, 9.17) is 14.2 Å². The summed E-state index contributed by atoms with van der Waals surface area (Å²) in [5.41, 5.74) is 0.681. The lowest BCUT2D eigenvalue weighted by Gasteiger charge is -2.20. The Balaban J connectivity index is 2.40. The van der Waals surface area contributed by atoms with Crippen molar-refractivity contribution in [1.29, 1.82) is 0 Å². The van der Waals surface area contributed by atoms with Crippen molar-refractivity contribution in [3.8, 4) is 17.2 Å². The lowest BCUT2D eigenvalue weighted by molar-refractivity contribution is -0.117. The van der Waals surface area contributed by atoms with Gasteiger partial charge in [0.2, 0.25) is 11.7 Å². The zero-order valence-corrected chi connectivity index (χ0v) is 11.9. The van der Waals surface area contributed by atoms with Gasteiger partial charge >= 0.3 is 0 Å². The van der Waals surface area contributed by atoms with Crippen LogP contribution in [0.5, 0.6) is 17.2 Å². The van der Waals surface area contributed by atoms with Gasteiger partial charge in [-0.25, -0.2) is 0 Å². The van der Waals surface area contributed by atoms with Gasteiger partial charge in [-0.2, -0.15) is 0 Å². The molecule has 0 aliphatic carbocycles. The van der Waals surface area contributed by atoms with Crippen LogP contribution in [0.4, 0.5) is 5.69 Å². The molecule has 1 atom stereocenters. The van der Waals surface area contributed by atoms with E-state index < -0.39 is 0 Å². The molecule has 1 aromatic carbocycles. The number of ether oxygens (including phenoxy) is 3. The molecule has 1 aliphatic rings. The number of hydrogen-bond acceptors (Lipinski definition) is 5. The van der Waals surface area contributed by atoms with Crippen LogP contribution < -0.4 is 19.1 Å². The molecule has 0 bridgehead atoms. The standard InChI is InChI=1S/C14H19NO5/c1-18-11-5-10(6-12(19-2)14(11)20-3)15-7-9(8-16)4-13(15)17/h5-6,9,16H,4,7-8H2,1-3H3. The van der Waals surface area contributed by atoms with E-state index in [-0.39, 0.29) is 18.4 Å². The highest BCUT2D eigenvalue weighted by atomic mass is 16.5. The minimum atomic E-state index is -0.0263. The van der Waals surface area contributed by atoms with Crippen LogP contribution in [-0.4, -0.2) is 45.5 Å². The van der Waals surface area contributed by atoms with Gasteiger partial charge < -0.3 is 24.2 Å². The molecular weight excluding hydrogens is 262 g/mol. The van der Waals surface area contributed by atoms with Crippen LogP contribution in [0.15, 0.2) is 12.1 Å². The summed E-state index contributed by atoms with van der Waals surface area (Å²) in [6.07, 6.45) is 0.354. The summed E-state index contributed by atoms with van der Waals surface area (Å²) in [5.74, 6) is 1.45. The molecule has 110 valence electrons. The quantitative estimate of drug-likeness (QED) is 0.874. The van der Waals surface area contributed by atoms with Gasteiger partial charge in [-0.15, -0.1) is 0 Å². The van der Waals surface area contributed by atoms with Gasteiger partial charge in [0.25, 0.3) is 0 Å². The molecule has 1 fully saturated rings. The number of amides is 1. The molecule has 0 radical (unpaired) electrons. The van der Waals surface area contributed by atoms with Gasteiger partial charge in [-0.3, -0.25) is 4.79 Å². The highest BCUT2D eigenvalue weighted by Gasteiger charge is 2.31. The molecule has 6 nitrogen and oxygen atoms in total. The van der Waals surface area contributed by atoms with E-state index in [1.54, 1.807) is 17.0 Å². The molecule has 2 rings (SSSR count). The summed E-state index contributed by atoms with van der Waals surface area (Å²) in [4.78, 5) is 13.6. The fourth-order valence-electron chi connectivity index (χ4n) is 2.38. The first-order valence-corrected chi connectivity index (χ1v) is 6.35. The van der Waals surface area contributed by atoms with E-state index in [0.29, 0.717) is 35.9 Å². The topological polar surface area (TPSA) is 68.2 Å². The van der Waals surface area contributed by atoms with Gasteiger partial charge in [0.1, 0.15) is 0 Å². The molecule has 1 saturated heterocycles. The Morgan fingerprint density at radius 3 is 2.20 bits per heavy atom. The first-order valence-electron chi connectivity index (χ1n) is 6.35. The highest BCUT2D eigenvalue weighted by molar-refractivity contribution is 5.96. The number of carbonyl (C=O) groups excluding carboxylic acids is 1. The average molecular weight is 281 g/mol. The molecule has 1 unspecified atom stereocenters. The fraction of sp³-hybridized carbons (Fsp3) is 0.500. The third-order valence-corrected chi connectivity index (χ3v) is 3.42. The van der Waals surface area contributed by atoms with Crippen LogP contribution in [0.2, 0.25) is 0 Å². The van der Waals surface area contributed by atoms with Crippen LogP contribution >= 0.6 is 0 Å². The summed E-state index contributed by atoms with van der Waals surface area (Å²) in [7, 11) is 4.59. The Morgan fingerprint density at radius 2 is 1.80 bits per heavy atom. The first kappa shape index (κ1) is 14.5.